The molecular formula is C29H27F2IN2O. The molecule has 4 rings (SSSR count). The molecule has 0 fully saturated rings. The lowest BCUT2D eigenvalue weighted by molar-refractivity contribution is 0.0356. The van der Waals surface area contributed by atoms with Crippen LogP contribution in [-0.4, -0.2) is 21.0 Å². The number of aliphatic hydroxyl groups is 1. The van der Waals surface area contributed by atoms with Crippen LogP contribution in [0.5, 0.6) is 0 Å². The molecule has 1 heterocycles. The first-order chi connectivity index (χ1) is 17.0. The van der Waals surface area contributed by atoms with E-state index in [1.807, 2.05) is 72.8 Å². The van der Waals surface area contributed by atoms with Gasteiger partial charge in [0.1, 0.15) is 17.7 Å². The molecule has 180 valence electrons. The van der Waals surface area contributed by atoms with E-state index in [0.29, 0.717) is 24.3 Å². The summed E-state index contributed by atoms with van der Waals surface area (Å²) in [6, 6.07) is 26.9. The molecule has 0 radical (unpaired) electrons. The average molecular weight is 584 g/mol. The third-order valence-electron chi connectivity index (χ3n) is 5.96. The Morgan fingerprint density at radius 1 is 0.743 bits per heavy atom. The van der Waals surface area contributed by atoms with E-state index in [1.165, 1.54) is 12.1 Å². The molecule has 0 bridgehead atoms. The predicted molar refractivity (Wildman–Crippen MR) is 143 cm³/mol. The number of pyridine rings is 1. The van der Waals surface area contributed by atoms with Crippen LogP contribution in [0.2, 0.25) is 0 Å². The fourth-order valence-electron chi connectivity index (χ4n) is 4.27. The summed E-state index contributed by atoms with van der Waals surface area (Å²) in [6.07, 6.45) is 0.993. The SMILES string of the molecule is O[C@H](c1cc(CI)ccn1)[C@H](Cc1cc(F)cc(F)c1)N(Cc1ccccc1)Cc1ccccc1. The second kappa shape index (κ2) is 12.3. The van der Waals surface area contributed by atoms with Crippen molar-refractivity contribution in [3.63, 3.8) is 0 Å². The lowest BCUT2D eigenvalue weighted by Crippen LogP contribution is -2.41. The van der Waals surface area contributed by atoms with Crippen molar-refractivity contribution in [3.8, 4) is 0 Å². The van der Waals surface area contributed by atoms with E-state index >= 15 is 0 Å². The first kappa shape index (κ1) is 25.4. The Morgan fingerprint density at radius 3 is 1.86 bits per heavy atom. The summed E-state index contributed by atoms with van der Waals surface area (Å²) in [5.74, 6) is -1.26. The Balaban J connectivity index is 1.75. The predicted octanol–water partition coefficient (Wildman–Crippen LogP) is 6.64. The van der Waals surface area contributed by atoms with Crippen molar-refractivity contribution in [2.45, 2.75) is 36.1 Å². The zero-order valence-corrected chi connectivity index (χ0v) is 21.4. The van der Waals surface area contributed by atoms with Gasteiger partial charge < -0.3 is 5.11 Å². The molecule has 0 saturated carbocycles. The third-order valence-corrected chi connectivity index (χ3v) is 6.84. The summed E-state index contributed by atoms with van der Waals surface area (Å²) in [5, 5.41) is 11.6. The Hall–Kier alpha value is -2.68. The van der Waals surface area contributed by atoms with Gasteiger partial charge >= 0.3 is 0 Å². The molecule has 6 heteroatoms. The summed E-state index contributed by atoms with van der Waals surface area (Å²) in [4.78, 5) is 6.62. The molecule has 0 amide bonds. The molecule has 0 aliphatic carbocycles. The van der Waals surface area contributed by atoms with Crippen molar-refractivity contribution in [1.29, 1.82) is 0 Å². The minimum atomic E-state index is -0.961. The maximum Gasteiger partial charge on any atom is 0.126 e. The summed E-state index contributed by atoms with van der Waals surface area (Å²) < 4.78 is 28.9. The van der Waals surface area contributed by atoms with Crippen LogP contribution >= 0.6 is 22.6 Å². The highest BCUT2D eigenvalue weighted by atomic mass is 127. The monoisotopic (exact) mass is 584 g/mol. The van der Waals surface area contributed by atoms with E-state index in [2.05, 4.69) is 32.5 Å². The number of nitrogens with zero attached hydrogens (tertiary/aromatic N) is 2. The topological polar surface area (TPSA) is 36.4 Å². The van der Waals surface area contributed by atoms with Crippen LogP contribution in [0.15, 0.2) is 97.2 Å². The van der Waals surface area contributed by atoms with Crippen LogP contribution in [0.1, 0.15) is 34.1 Å². The van der Waals surface area contributed by atoms with Crippen LogP contribution in [0, 0.1) is 11.6 Å². The molecule has 0 aliphatic heterocycles. The summed E-state index contributed by atoms with van der Waals surface area (Å²) >= 11 is 2.28. The molecule has 3 nitrogen and oxygen atoms in total. The fraction of sp³-hybridized carbons (Fsp3) is 0.207. The second-order valence-corrected chi connectivity index (χ2v) is 9.36. The Morgan fingerprint density at radius 2 is 1.31 bits per heavy atom. The highest BCUT2D eigenvalue weighted by molar-refractivity contribution is 14.1. The van der Waals surface area contributed by atoms with Gasteiger partial charge in [-0.2, -0.15) is 0 Å². The van der Waals surface area contributed by atoms with Gasteiger partial charge in [-0.25, -0.2) is 8.78 Å². The van der Waals surface area contributed by atoms with E-state index in [-0.39, 0.29) is 6.42 Å². The first-order valence-corrected chi connectivity index (χ1v) is 13.0. The molecule has 3 aromatic carbocycles. The van der Waals surface area contributed by atoms with Gasteiger partial charge in [0.25, 0.3) is 0 Å². The average Bonchev–Trinajstić information content (AvgIpc) is 2.87. The van der Waals surface area contributed by atoms with Crippen molar-refractivity contribution >= 4 is 22.6 Å². The van der Waals surface area contributed by atoms with Crippen molar-refractivity contribution in [3.05, 3.63) is 137 Å². The Kier molecular flexibility index (Phi) is 8.95. The Labute approximate surface area is 218 Å². The second-order valence-electron chi connectivity index (χ2n) is 8.59. The molecule has 0 saturated heterocycles. The van der Waals surface area contributed by atoms with Gasteiger partial charge in [0.15, 0.2) is 0 Å². The van der Waals surface area contributed by atoms with Crippen LogP contribution in [-0.2, 0) is 23.9 Å². The molecule has 0 unspecified atom stereocenters. The number of rotatable bonds is 10. The number of alkyl halides is 1. The van der Waals surface area contributed by atoms with E-state index in [9.17, 15) is 13.9 Å². The number of hydrogen-bond acceptors (Lipinski definition) is 3. The highest BCUT2D eigenvalue weighted by Crippen LogP contribution is 2.28. The number of aliphatic hydroxyl groups excluding tert-OH is 1. The van der Waals surface area contributed by atoms with Crippen LogP contribution in [0.25, 0.3) is 0 Å². The van der Waals surface area contributed by atoms with Crippen LogP contribution in [0.4, 0.5) is 8.78 Å². The minimum Gasteiger partial charge on any atom is -0.385 e. The summed E-state index contributed by atoms with van der Waals surface area (Å²) in [7, 11) is 0. The number of halogens is 3. The molecular weight excluding hydrogens is 557 g/mol. The molecule has 0 spiro atoms. The largest absolute Gasteiger partial charge is 0.385 e. The van der Waals surface area contributed by atoms with Gasteiger partial charge in [0.05, 0.1) is 5.69 Å². The van der Waals surface area contributed by atoms with E-state index in [4.69, 9.17) is 0 Å². The quantitative estimate of drug-likeness (QED) is 0.168. The molecule has 35 heavy (non-hydrogen) atoms. The van der Waals surface area contributed by atoms with Gasteiger partial charge in [-0.1, -0.05) is 83.3 Å². The molecule has 1 aromatic heterocycles. The van der Waals surface area contributed by atoms with Crippen molar-refractivity contribution in [2.24, 2.45) is 0 Å². The van der Waals surface area contributed by atoms with Gasteiger partial charge in [-0.15, -0.1) is 0 Å². The van der Waals surface area contributed by atoms with E-state index < -0.39 is 23.8 Å². The summed E-state index contributed by atoms with van der Waals surface area (Å²) in [6.45, 7) is 1.11. The molecule has 4 aromatic rings. The lowest BCUT2D eigenvalue weighted by atomic mass is 9.95. The number of hydrogen-bond donors (Lipinski definition) is 1. The zero-order chi connectivity index (χ0) is 24.6. The van der Waals surface area contributed by atoms with Gasteiger partial charge in [-0.05, 0) is 52.9 Å². The number of aromatic nitrogens is 1. The molecule has 0 aliphatic rings. The van der Waals surface area contributed by atoms with Crippen molar-refractivity contribution in [1.82, 2.24) is 9.88 Å². The van der Waals surface area contributed by atoms with Gasteiger partial charge in [-0.3, -0.25) is 9.88 Å². The molecule has 1 N–H and O–H groups in total. The third kappa shape index (κ3) is 7.16. The fourth-order valence-corrected chi connectivity index (χ4v) is 4.75. The van der Waals surface area contributed by atoms with E-state index in [0.717, 1.165) is 27.2 Å². The van der Waals surface area contributed by atoms with Gasteiger partial charge in [0.2, 0.25) is 0 Å². The standard InChI is InChI=1S/C29H27F2IN2O/c30-25-13-24(14-26(31)17-25)16-28(29(35)27-15-23(18-32)11-12-33-27)34(19-21-7-3-1-4-8-21)20-22-9-5-2-6-10-22/h1-15,17,28-29,35H,16,18-20H2/t28-,29+/m0/s1. The summed E-state index contributed by atoms with van der Waals surface area (Å²) in [5.41, 5.74) is 4.26. The normalized spacial score (nSPS) is 13.1. The first-order valence-electron chi connectivity index (χ1n) is 11.5. The minimum absolute atomic E-state index is 0.256. The van der Waals surface area contributed by atoms with Crippen LogP contribution < -0.4 is 0 Å². The molecule has 2 atom stereocenters. The number of benzene rings is 3. The van der Waals surface area contributed by atoms with E-state index in [1.54, 1.807) is 6.20 Å². The van der Waals surface area contributed by atoms with Crippen molar-refractivity contribution < 1.29 is 13.9 Å². The van der Waals surface area contributed by atoms with Gasteiger partial charge in [0, 0.05) is 35.8 Å². The maximum absolute atomic E-state index is 14.1. The lowest BCUT2D eigenvalue weighted by Gasteiger charge is -2.35. The maximum atomic E-state index is 14.1. The smallest absolute Gasteiger partial charge is 0.126 e. The van der Waals surface area contributed by atoms with Crippen LogP contribution in [0.3, 0.4) is 0 Å². The zero-order valence-electron chi connectivity index (χ0n) is 19.2. The highest BCUT2D eigenvalue weighted by Gasteiger charge is 2.29. The Bertz CT molecular complexity index is 1160. The van der Waals surface area contributed by atoms with Crippen molar-refractivity contribution in [2.75, 3.05) is 0 Å².